The Morgan fingerprint density at radius 2 is 1.97 bits per heavy atom. The number of ether oxygens (including phenoxy) is 1. The molecule has 1 aliphatic heterocycles. The molecule has 2 unspecified atom stereocenters. The first-order valence-corrected chi connectivity index (χ1v) is 12.6. The number of aromatic nitrogens is 1. The van der Waals surface area contributed by atoms with Crippen LogP contribution in [-0.4, -0.2) is 83.3 Å². The minimum Gasteiger partial charge on any atom is -0.460 e. The van der Waals surface area contributed by atoms with Gasteiger partial charge in [0.25, 0.3) is 11.8 Å². The third-order valence-electron chi connectivity index (χ3n) is 4.61. The van der Waals surface area contributed by atoms with Gasteiger partial charge in [0.15, 0.2) is 10.8 Å². The SMILES string of the molecule is CO/N=C(\C(=O)NC1C(=O)N(S(=O)(=O)O)C1COC(=O)c1ccccc1)c1csc(NC(=O)CCl)n1. The zero-order chi connectivity index (χ0) is 26.5. The van der Waals surface area contributed by atoms with Crippen molar-refractivity contribution in [1.29, 1.82) is 0 Å². The molecule has 1 aromatic carbocycles. The monoisotopic (exact) mass is 559 g/mol. The van der Waals surface area contributed by atoms with Gasteiger partial charge in [-0.2, -0.15) is 8.42 Å². The molecule has 1 saturated heterocycles. The van der Waals surface area contributed by atoms with Gasteiger partial charge in [0.2, 0.25) is 5.91 Å². The average Bonchev–Trinajstić information content (AvgIpc) is 3.30. The van der Waals surface area contributed by atoms with Crippen LogP contribution in [0.2, 0.25) is 0 Å². The molecule has 3 amide bonds. The van der Waals surface area contributed by atoms with E-state index in [-0.39, 0.29) is 26.6 Å². The molecule has 0 saturated carbocycles. The number of hydrogen-bond acceptors (Lipinski definition) is 11. The van der Waals surface area contributed by atoms with E-state index in [9.17, 15) is 32.1 Å². The maximum absolute atomic E-state index is 12.9. The van der Waals surface area contributed by atoms with Crippen LogP contribution in [0.25, 0.3) is 0 Å². The Hall–Kier alpha value is -3.60. The van der Waals surface area contributed by atoms with E-state index in [0.29, 0.717) is 0 Å². The van der Waals surface area contributed by atoms with Crippen LogP contribution in [0.15, 0.2) is 40.9 Å². The summed E-state index contributed by atoms with van der Waals surface area (Å²) in [5, 5.41) is 9.73. The zero-order valence-electron chi connectivity index (χ0n) is 18.3. The molecule has 1 aliphatic rings. The molecule has 1 aromatic heterocycles. The second-order valence-electron chi connectivity index (χ2n) is 6.94. The van der Waals surface area contributed by atoms with Gasteiger partial charge in [-0.3, -0.25) is 18.9 Å². The molecule has 0 spiro atoms. The van der Waals surface area contributed by atoms with Crippen molar-refractivity contribution < 1.29 is 41.7 Å². The van der Waals surface area contributed by atoms with E-state index in [1.165, 1.54) is 17.5 Å². The van der Waals surface area contributed by atoms with Crippen molar-refractivity contribution in [1.82, 2.24) is 14.6 Å². The second-order valence-corrected chi connectivity index (χ2v) is 9.35. The molecule has 3 rings (SSSR count). The topological polar surface area (TPSA) is 194 Å². The van der Waals surface area contributed by atoms with Crippen molar-refractivity contribution in [3.05, 3.63) is 47.0 Å². The molecule has 1 fully saturated rings. The molecule has 17 heteroatoms. The van der Waals surface area contributed by atoms with Crippen molar-refractivity contribution in [3.8, 4) is 0 Å². The lowest BCUT2D eigenvalue weighted by Crippen LogP contribution is -2.73. The van der Waals surface area contributed by atoms with Crippen LogP contribution in [0.5, 0.6) is 0 Å². The number of nitrogens with zero attached hydrogens (tertiary/aromatic N) is 3. The van der Waals surface area contributed by atoms with E-state index < -0.39 is 58.4 Å². The normalized spacial score (nSPS) is 17.7. The van der Waals surface area contributed by atoms with Crippen LogP contribution >= 0.6 is 22.9 Å². The van der Waals surface area contributed by atoms with E-state index in [2.05, 4.69) is 25.6 Å². The van der Waals surface area contributed by atoms with Gasteiger partial charge in [0.1, 0.15) is 37.4 Å². The number of halogens is 1. The number of amides is 3. The number of β-lactam (4-membered cyclic amide) rings is 1. The summed E-state index contributed by atoms with van der Waals surface area (Å²) in [6.45, 7) is -0.660. The van der Waals surface area contributed by atoms with Gasteiger partial charge >= 0.3 is 16.3 Å². The Kier molecular flexibility index (Phi) is 8.57. The van der Waals surface area contributed by atoms with Crippen molar-refractivity contribution in [2.24, 2.45) is 5.16 Å². The first-order chi connectivity index (χ1) is 17.1. The molecular formula is C19H18ClN5O9S2. The lowest BCUT2D eigenvalue weighted by Gasteiger charge is -2.43. The molecule has 36 heavy (non-hydrogen) atoms. The van der Waals surface area contributed by atoms with E-state index in [1.54, 1.807) is 18.2 Å². The average molecular weight is 560 g/mol. The largest absolute Gasteiger partial charge is 0.460 e. The van der Waals surface area contributed by atoms with Gasteiger partial charge in [-0.25, -0.2) is 14.1 Å². The van der Waals surface area contributed by atoms with E-state index in [4.69, 9.17) is 16.3 Å². The van der Waals surface area contributed by atoms with Crippen molar-refractivity contribution >= 4 is 67.8 Å². The summed E-state index contributed by atoms with van der Waals surface area (Å²) >= 11 is 6.39. The number of benzene rings is 1. The minimum absolute atomic E-state index is 0.0327. The number of oxime groups is 1. The van der Waals surface area contributed by atoms with E-state index >= 15 is 0 Å². The fourth-order valence-electron chi connectivity index (χ4n) is 3.04. The van der Waals surface area contributed by atoms with Crippen molar-refractivity contribution in [2.75, 3.05) is 24.9 Å². The first kappa shape index (κ1) is 27.0. The third kappa shape index (κ3) is 6.14. The van der Waals surface area contributed by atoms with Crippen LogP contribution in [0.1, 0.15) is 16.1 Å². The van der Waals surface area contributed by atoms with E-state index in [1.807, 2.05) is 0 Å². The lowest BCUT2D eigenvalue weighted by molar-refractivity contribution is -0.146. The summed E-state index contributed by atoms with van der Waals surface area (Å²) in [4.78, 5) is 57.7. The molecule has 0 aliphatic carbocycles. The molecule has 2 atom stereocenters. The standard InChI is InChI=1S/C19H18ClN5O9S2/c1-33-24-14(11-9-35-19(21-11)22-13(26)7-20)16(27)23-15-12(25(17(15)28)36(30,31)32)8-34-18(29)10-5-3-2-4-6-10/h2-6,9,12,15H,7-8H2,1H3,(H,23,27)(H,21,22,26)(H,30,31,32)/b24-14-. The van der Waals surface area contributed by atoms with Gasteiger partial charge in [0.05, 0.1) is 5.56 Å². The van der Waals surface area contributed by atoms with Gasteiger partial charge in [-0.05, 0) is 12.1 Å². The summed E-state index contributed by atoms with van der Waals surface area (Å²) in [5.74, 6) is -3.84. The number of hydrogen-bond donors (Lipinski definition) is 3. The molecule has 0 bridgehead atoms. The Balaban J connectivity index is 1.76. The minimum atomic E-state index is -5.01. The van der Waals surface area contributed by atoms with Crippen LogP contribution in [0, 0.1) is 0 Å². The number of carbonyl (C=O) groups excluding carboxylic acids is 4. The molecule has 14 nitrogen and oxygen atoms in total. The Labute approximate surface area is 213 Å². The molecule has 0 radical (unpaired) electrons. The van der Waals surface area contributed by atoms with Crippen LogP contribution in [0.3, 0.4) is 0 Å². The number of carbonyl (C=O) groups is 4. The Bertz CT molecular complexity index is 1300. The fraction of sp³-hybridized carbons (Fsp3) is 0.263. The third-order valence-corrected chi connectivity index (χ3v) is 6.56. The maximum atomic E-state index is 12.9. The number of esters is 1. The van der Waals surface area contributed by atoms with Crippen LogP contribution in [-0.2, 0) is 34.3 Å². The number of thiazole rings is 1. The molecule has 192 valence electrons. The van der Waals surface area contributed by atoms with Gasteiger partial charge in [0, 0.05) is 5.38 Å². The summed E-state index contributed by atoms with van der Waals surface area (Å²) in [6, 6.07) is 4.81. The summed E-state index contributed by atoms with van der Waals surface area (Å²) in [5.41, 5.74) is -0.273. The Morgan fingerprint density at radius 1 is 1.28 bits per heavy atom. The van der Waals surface area contributed by atoms with E-state index in [0.717, 1.165) is 18.4 Å². The number of nitrogens with one attached hydrogen (secondary N) is 2. The van der Waals surface area contributed by atoms with Crippen LogP contribution < -0.4 is 10.6 Å². The fourth-order valence-corrected chi connectivity index (χ4v) is 4.69. The number of anilines is 1. The molecular weight excluding hydrogens is 542 g/mol. The van der Waals surface area contributed by atoms with Crippen molar-refractivity contribution in [2.45, 2.75) is 12.1 Å². The second kappa shape index (κ2) is 11.4. The van der Waals surface area contributed by atoms with Gasteiger partial charge < -0.3 is 20.2 Å². The van der Waals surface area contributed by atoms with Gasteiger partial charge in [-0.15, -0.1) is 22.9 Å². The maximum Gasteiger partial charge on any atom is 0.362 e. The van der Waals surface area contributed by atoms with Gasteiger partial charge in [-0.1, -0.05) is 23.4 Å². The zero-order valence-corrected chi connectivity index (χ0v) is 20.7. The highest BCUT2D eigenvalue weighted by molar-refractivity contribution is 7.84. The number of rotatable bonds is 10. The number of alkyl halides is 1. The van der Waals surface area contributed by atoms with Crippen LogP contribution in [0.4, 0.5) is 5.13 Å². The first-order valence-electron chi connectivity index (χ1n) is 9.83. The summed E-state index contributed by atoms with van der Waals surface area (Å²) in [7, 11) is -3.87. The predicted molar refractivity (Wildman–Crippen MR) is 126 cm³/mol. The molecule has 3 N–H and O–H groups in total. The highest BCUT2D eigenvalue weighted by Crippen LogP contribution is 2.25. The quantitative estimate of drug-likeness (QED) is 0.0892. The highest BCUT2D eigenvalue weighted by Gasteiger charge is 2.55. The molecule has 2 aromatic rings. The predicted octanol–water partition coefficient (Wildman–Crippen LogP) is 0.0263. The Morgan fingerprint density at radius 3 is 2.58 bits per heavy atom. The smallest absolute Gasteiger partial charge is 0.362 e. The van der Waals surface area contributed by atoms with Crippen molar-refractivity contribution in [3.63, 3.8) is 0 Å². The summed E-state index contributed by atoms with van der Waals surface area (Å²) in [6.07, 6.45) is 0. The highest BCUT2D eigenvalue weighted by atomic mass is 35.5. The lowest BCUT2D eigenvalue weighted by atomic mass is 9.99. The summed E-state index contributed by atoms with van der Waals surface area (Å²) < 4.78 is 37.9. The molecule has 2 heterocycles.